The summed E-state index contributed by atoms with van der Waals surface area (Å²) in [4.78, 5) is 2.53. The van der Waals surface area contributed by atoms with Gasteiger partial charge in [-0.05, 0) is 127 Å². The minimum atomic E-state index is -0.432. The molecule has 62 heavy (non-hydrogen) atoms. The second-order valence-corrected chi connectivity index (χ2v) is 17.4. The monoisotopic (exact) mass is 793 g/mol. The molecule has 296 valence electrons. The zero-order valence-corrected chi connectivity index (χ0v) is 34.8. The van der Waals surface area contributed by atoms with Crippen LogP contribution in [0.5, 0.6) is 0 Å². The first-order valence-corrected chi connectivity index (χ1v) is 22.5. The molecule has 0 atom stereocenters. The Balaban J connectivity index is 1.09. The molecule has 1 spiro atoms. The van der Waals surface area contributed by atoms with E-state index in [0.717, 1.165) is 17.1 Å². The van der Waals surface area contributed by atoms with Gasteiger partial charge >= 0.3 is 0 Å². The molecule has 1 heteroatoms. The summed E-state index contributed by atoms with van der Waals surface area (Å²) < 4.78 is 0. The molecule has 1 saturated carbocycles. The molecule has 0 N–H and O–H groups in total. The van der Waals surface area contributed by atoms with Crippen LogP contribution < -0.4 is 4.90 Å². The Bertz CT molecular complexity index is 3050. The fourth-order valence-electron chi connectivity index (χ4n) is 11.4. The maximum Gasteiger partial charge on any atom is 0.0726 e. The average Bonchev–Trinajstić information content (AvgIpc) is 3.82. The van der Waals surface area contributed by atoms with Crippen molar-refractivity contribution >= 4 is 17.1 Å². The first-order valence-electron chi connectivity index (χ1n) is 22.5. The maximum atomic E-state index is 2.53. The lowest BCUT2D eigenvalue weighted by Gasteiger charge is -2.33. The van der Waals surface area contributed by atoms with Crippen molar-refractivity contribution in [2.75, 3.05) is 4.90 Å². The third-order valence-electron chi connectivity index (χ3n) is 14.1. The van der Waals surface area contributed by atoms with Crippen molar-refractivity contribution in [2.45, 2.75) is 43.4 Å². The molecule has 0 unspecified atom stereocenters. The molecular formula is C61H47N. The summed E-state index contributed by atoms with van der Waals surface area (Å²) in [6, 6.07) is 81.9. The standard InChI is InChI=1S/C61H47N/c1-3-19-42(20-4-1)43-35-37-45(38-36-43)62(60-34-18-14-30-55(60)50-26-10-9-25-49(50)48-24-8-7-23-47(48)44-21-5-2-6-22-44)46-39-40-54-53-29-13-17-33-58(53)61(59(54)41-46)56-31-15-11-27-51(56)52-28-12-16-32-57(52)61/h2,5-18,21-42H,1,3-4,19-20H2. The molecule has 0 aromatic heterocycles. The van der Waals surface area contributed by atoms with E-state index in [9.17, 15) is 0 Å². The van der Waals surface area contributed by atoms with Crippen LogP contribution in [0.3, 0.4) is 0 Å². The van der Waals surface area contributed by atoms with E-state index >= 15 is 0 Å². The summed E-state index contributed by atoms with van der Waals surface area (Å²) in [5.41, 5.74) is 22.5. The third kappa shape index (κ3) is 5.68. The first kappa shape index (κ1) is 36.6. The number of para-hydroxylation sites is 1. The molecule has 0 aliphatic heterocycles. The van der Waals surface area contributed by atoms with E-state index in [0.29, 0.717) is 5.92 Å². The third-order valence-corrected chi connectivity index (χ3v) is 14.1. The van der Waals surface area contributed by atoms with Crippen molar-refractivity contribution in [1.82, 2.24) is 0 Å². The number of fused-ring (bicyclic) bond motifs is 10. The molecule has 9 aromatic rings. The smallest absolute Gasteiger partial charge is 0.0726 e. The summed E-state index contributed by atoms with van der Waals surface area (Å²) in [5, 5.41) is 0. The number of nitrogens with zero attached hydrogens (tertiary/aromatic N) is 1. The highest BCUT2D eigenvalue weighted by Crippen LogP contribution is 2.63. The molecule has 0 saturated heterocycles. The normalized spacial score (nSPS) is 14.5. The minimum absolute atomic E-state index is 0.432. The largest absolute Gasteiger partial charge is 0.310 e. The lowest BCUT2D eigenvalue weighted by atomic mass is 9.70. The summed E-state index contributed by atoms with van der Waals surface area (Å²) in [6.45, 7) is 0. The van der Waals surface area contributed by atoms with Gasteiger partial charge in [-0.3, -0.25) is 0 Å². The molecule has 1 nitrogen and oxygen atoms in total. The van der Waals surface area contributed by atoms with Crippen molar-refractivity contribution < 1.29 is 0 Å². The minimum Gasteiger partial charge on any atom is -0.310 e. The van der Waals surface area contributed by atoms with Gasteiger partial charge in [0.15, 0.2) is 0 Å². The molecule has 0 radical (unpaired) electrons. The van der Waals surface area contributed by atoms with E-state index in [2.05, 4.69) is 223 Å². The van der Waals surface area contributed by atoms with Crippen LogP contribution in [0.15, 0.2) is 218 Å². The Hall–Kier alpha value is -7.22. The lowest BCUT2D eigenvalue weighted by Crippen LogP contribution is -2.26. The SMILES string of the molecule is c1ccc(-c2ccccc2-c2ccccc2-c2ccccc2N(c2ccc(C3CCCCC3)cc2)c2ccc3c(c2)C2(c4ccccc4-c4ccccc42)c2ccccc2-3)cc1. The zero-order valence-electron chi connectivity index (χ0n) is 34.8. The van der Waals surface area contributed by atoms with Crippen LogP contribution in [0.25, 0.3) is 55.6 Å². The molecule has 3 aliphatic carbocycles. The van der Waals surface area contributed by atoms with Crippen molar-refractivity contribution in [3.63, 3.8) is 0 Å². The fourth-order valence-corrected chi connectivity index (χ4v) is 11.4. The van der Waals surface area contributed by atoms with Crippen molar-refractivity contribution in [2.24, 2.45) is 0 Å². The Morgan fingerprint density at radius 2 is 0.758 bits per heavy atom. The van der Waals surface area contributed by atoms with Gasteiger partial charge in [0.1, 0.15) is 0 Å². The highest BCUT2D eigenvalue weighted by atomic mass is 15.1. The van der Waals surface area contributed by atoms with Crippen LogP contribution in [0.2, 0.25) is 0 Å². The van der Waals surface area contributed by atoms with Crippen molar-refractivity contribution in [3.05, 3.63) is 246 Å². The fraction of sp³-hybridized carbons (Fsp3) is 0.115. The molecule has 12 rings (SSSR count). The van der Waals surface area contributed by atoms with Gasteiger partial charge in [0.2, 0.25) is 0 Å². The topological polar surface area (TPSA) is 3.24 Å². The number of benzene rings is 9. The average molecular weight is 794 g/mol. The van der Waals surface area contributed by atoms with E-state index in [4.69, 9.17) is 0 Å². The molecule has 0 heterocycles. The van der Waals surface area contributed by atoms with Crippen molar-refractivity contribution in [3.8, 4) is 55.6 Å². The Morgan fingerprint density at radius 1 is 0.323 bits per heavy atom. The van der Waals surface area contributed by atoms with E-state index < -0.39 is 5.41 Å². The summed E-state index contributed by atoms with van der Waals surface area (Å²) >= 11 is 0. The Morgan fingerprint density at radius 3 is 1.35 bits per heavy atom. The number of hydrogen-bond acceptors (Lipinski definition) is 1. The molecular weight excluding hydrogens is 747 g/mol. The van der Waals surface area contributed by atoms with Gasteiger partial charge in [-0.15, -0.1) is 0 Å². The number of hydrogen-bond donors (Lipinski definition) is 0. The Kier molecular flexibility index (Phi) is 8.89. The number of anilines is 3. The van der Waals surface area contributed by atoms with E-state index in [-0.39, 0.29) is 0 Å². The Labute approximate surface area is 365 Å². The van der Waals surface area contributed by atoms with Crippen LogP contribution in [0, 0.1) is 0 Å². The van der Waals surface area contributed by atoms with Crippen LogP contribution in [0.4, 0.5) is 17.1 Å². The predicted octanol–water partition coefficient (Wildman–Crippen LogP) is 16.5. The first-order chi connectivity index (χ1) is 30.8. The second-order valence-electron chi connectivity index (χ2n) is 17.4. The molecule has 0 amide bonds. The predicted molar refractivity (Wildman–Crippen MR) is 260 cm³/mol. The van der Waals surface area contributed by atoms with Gasteiger partial charge < -0.3 is 4.90 Å². The molecule has 1 fully saturated rings. The molecule has 3 aliphatic rings. The lowest BCUT2D eigenvalue weighted by molar-refractivity contribution is 0.443. The van der Waals surface area contributed by atoms with E-state index in [1.54, 1.807) is 0 Å². The quantitative estimate of drug-likeness (QED) is 0.155. The van der Waals surface area contributed by atoms with Gasteiger partial charge in [-0.25, -0.2) is 0 Å². The highest BCUT2D eigenvalue weighted by molar-refractivity contribution is 5.99. The zero-order chi connectivity index (χ0) is 41.0. The van der Waals surface area contributed by atoms with Gasteiger partial charge in [-0.2, -0.15) is 0 Å². The number of rotatable bonds is 7. The van der Waals surface area contributed by atoms with Gasteiger partial charge in [-0.1, -0.05) is 207 Å². The summed E-state index contributed by atoms with van der Waals surface area (Å²) in [5.74, 6) is 0.635. The highest BCUT2D eigenvalue weighted by Gasteiger charge is 2.51. The van der Waals surface area contributed by atoms with Gasteiger partial charge in [0, 0.05) is 16.9 Å². The summed E-state index contributed by atoms with van der Waals surface area (Å²) in [7, 11) is 0. The second kappa shape index (κ2) is 15.0. The van der Waals surface area contributed by atoms with E-state index in [1.165, 1.54) is 116 Å². The molecule has 0 bridgehead atoms. The van der Waals surface area contributed by atoms with Crippen LogP contribution in [-0.4, -0.2) is 0 Å². The van der Waals surface area contributed by atoms with Crippen molar-refractivity contribution in [1.29, 1.82) is 0 Å². The molecule has 9 aromatic carbocycles. The van der Waals surface area contributed by atoms with Gasteiger partial charge in [0.25, 0.3) is 0 Å². The van der Waals surface area contributed by atoms with Crippen LogP contribution >= 0.6 is 0 Å². The maximum absolute atomic E-state index is 2.53. The van der Waals surface area contributed by atoms with Crippen LogP contribution in [0.1, 0.15) is 65.8 Å². The van der Waals surface area contributed by atoms with Gasteiger partial charge in [0.05, 0.1) is 11.1 Å². The van der Waals surface area contributed by atoms with Crippen LogP contribution in [-0.2, 0) is 5.41 Å². The van der Waals surface area contributed by atoms with E-state index in [1.807, 2.05) is 0 Å². The summed E-state index contributed by atoms with van der Waals surface area (Å²) in [6.07, 6.45) is 6.57.